The summed E-state index contributed by atoms with van der Waals surface area (Å²) in [4.78, 5) is 23.8. The maximum atomic E-state index is 11.4. The highest BCUT2D eigenvalue weighted by Gasteiger charge is 2.18. The first-order chi connectivity index (χ1) is 7.24. The van der Waals surface area contributed by atoms with Crippen LogP contribution in [0.1, 0.15) is 6.92 Å². The van der Waals surface area contributed by atoms with Crippen molar-refractivity contribution >= 4 is 12.1 Å². The SMILES string of the molecule is CCOC(=O)COC(=O)N1CCNCC1. The zero-order valence-electron chi connectivity index (χ0n) is 8.82. The van der Waals surface area contributed by atoms with Crippen LogP contribution in [0.5, 0.6) is 0 Å². The number of nitrogens with one attached hydrogen (secondary N) is 1. The van der Waals surface area contributed by atoms with Crippen molar-refractivity contribution in [2.45, 2.75) is 6.92 Å². The van der Waals surface area contributed by atoms with Gasteiger partial charge in [0.05, 0.1) is 6.61 Å². The number of carbonyl (C=O) groups excluding carboxylic acids is 2. The summed E-state index contributed by atoms with van der Waals surface area (Å²) >= 11 is 0. The molecule has 0 aromatic carbocycles. The van der Waals surface area contributed by atoms with Gasteiger partial charge in [0, 0.05) is 26.2 Å². The minimum absolute atomic E-state index is 0.296. The van der Waals surface area contributed by atoms with Crippen LogP contribution in [-0.2, 0) is 14.3 Å². The van der Waals surface area contributed by atoms with Crippen LogP contribution < -0.4 is 5.32 Å². The van der Waals surface area contributed by atoms with Gasteiger partial charge in [0.1, 0.15) is 0 Å². The second-order valence-electron chi connectivity index (χ2n) is 3.10. The van der Waals surface area contributed by atoms with Crippen LogP contribution >= 0.6 is 0 Å². The van der Waals surface area contributed by atoms with Gasteiger partial charge in [-0.3, -0.25) is 0 Å². The second kappa shape index (κ2) is 6.23. The largest absolute Gasteiger partial charge is 0.463 e. The van der Waals surface area contributed by atoms with E-state index in [0.717, 1.165) is 13.1 Å². The molecule has 0 radical (unpaired) electrons. The Morgan fingerprint density at radius 2 is 1.93 bits per heavy atom. The van der Waals surface area contributed by atoms with E-state index in [-0.39, 0.29) is 6.61 Å². The van der Waals surface area contributed by atoms with Crippen LogP contribution in [-0.4, -0.2) is 56.4 Å². The van der Waals surface area contributed by atoms with Crippen molar-refractivity contribution in [3.05, 3.63) is 0 Å². The van der Waals surface area contributed by atoms with Crippen LogP contribution in [0.2, 0.25) is 0 Å². The summed E-state index contributed by atoms with van der Waals surface area (Å²) in [7, 11) is 0. The van der Waals surface area contributed by atoms with E-state index in [0.29, 0.717) is 19.7 Å². The third-order valence-electron chi connectivity index (χ3n) is 1.99. The highest BCUT2D eigenvalue weighted by atomic mass is 16.6. The van der Waals surface area contributed by atoms with E-state index in [4.69, 9.17) is 4.74 Å². The fraction of sp³-hybridized carbons (Fsp3) is 0.778. The lowest BCUT2D eigenvalue weighted by molar-refractivity contribution is -0.146. The first-order valence-corrected chi connectivity index (χ1v) is 5.02. The Balaban J connectivity index is 2.19. The molecule has 0 spiro atoms. The smallest absolute Gasteiger partial charge is 0.410 e. The lowest BCUT2D eigenvalue weighted by atomic mass is 10.4. The highest BCUT2D eigenvalue weighted by molar-refractivity contribution is 5.75. The summed E-state index contributed by atoms with van der Waals surface area (Å²) in [5.74, 6) is -0.513. The summed E-state index contributed by atoms with van der Waals surface area (Å²) in [6, 6.07) is 0. The fourth-order valence-electron chi connectivity index (χ4n) is 1.26. The number of rotatable bonds is 3. The zero-order chi connectivity index (χ0) is 11.1. The van der Waals surface area contributed by atoms with Gasteiger partial charge in [0.2, 0.25) is 0 Å². The van der Waals surface area contributed by atoms with Crippen molar-refractivity contribution in [3.8, 4) is 0 Å². The monoisotopic (exact) mass is 216 g/mol. The van der Waals surface area contributed by atoms with Crippen molar-refractivity contribution in [2.75, 3.05) is 39.4 Å². The Kier molecular flexibility index (Phi) is 4.89. The Bertz CT molecular complexity index is 226. The number of ether oxygens (including phenoxy) is 2. The summed E-state index contributed by atoms with van der Waals surface area (Å²) in [5.41, 5.74) is 0. The Morgan fingerprint density at radius 3 is 2.53 bits per heavy atom. The molecule has 6 nitrogen and oxygen atoms in total. The van der Waals surface area contributed by atoms with Crippen molar-refractivity contribution in [2.24, 2.45) is 0 Å². The number of hydrogen-bond acceptors (Lipinski definition) is 5. The average Bonchev–Trinajstić information content (AvgIpc) is 2.27. The molecule has 86 valence electrons. The molecular formula is C9H16N2O4. The number of nitrogens with zero attached hydrogens (tertiary/aromatic N) is 1. The number of hydrogen-bond donors (Lipinski definition) is 1. The second-order valence-corrected chi connectivity index (χ2v) is 3.10. The number of piperazine rings is 1. The minimum atomic E-state index is -0.513. The lowest BCUT2D eigenvalue weighted by Crippen LogP contribution is -2.46. The normalized spacial score (nSPS) is 15.9. The Hall–Kier alpha value is -1.30. The molecule has 1 aliphatic heterocycles. The maximum absolute atomic E-state index is 11.4. The molecule has 0 aromatic heterocycles. The molecule has 0 aliphatic carbocycles. The van der Waals surface area contributed by atoms with Gasteiger partial charge >= 0.3 is 12.1 Å². The molecule has 1 amide bonds. The number of amides is 1. The number of carbonyl (C=O) groups is 2. The maximum Gasteiger partial charge on any atom is 0.410 e. The van der Waals surface area contributed by atoms with Crippen LogP contribution in [0.15, 0.2) is 0 Å². The van der Waals surface area contributed by atoms with E-state index in [9.17, 15) is 9.59 Å². The van der Waals surface area contributed by atoms with E-state index < -0.39 is 12.1 Å². The Morgan fingerprint density at radius 1 is 1.27 bits per heavy atom. The molecule has 0 bridgehead atoms. The van der Waals surface area contributed by atoms with Gasteiger partial charge in [0.15, 0.2) is 6.61 Å². The molecule has 1 fully saturated rings. The number of esters is 1. The fourth-order valence-corrected chi connectivity index (χ4v) is 1.26. The molecule has 1 saturated heterocycles. The van der Waals surface area contributed by atoms with E-state index in [1.807, 2.05) is 0 Å². The van der Waals surface area contributed by atoms with Gasteiger partial charge in [-0.1, -0.05) is 0 Å². The molecule has 1 aliphatic rings. The van der Waals surface area contributed by atoms with Crippen LogP contribution in [0.4, 0.5) is 4.79 Å². The van der Waals surface area contributed by atoms with E-state index in [1.54, 1.807) is 11.8 Å². The molecule has 1 rings (SSSR count). The van der Waals surface area contributed by atoms with Gasteiger partial charge < -0.3 is 19.7 Å². The van der Waals surface area contributed by atoms with Crippen LogP contribution in [0.3, 0.4) is 0 Å². The van der Waals surface area contributed by atoms with Gasteiger partial charge in [-0.2, -0.15) is 0 Å². The van der Waals surface area contributed by atoms with Crippen molar-refractivity contribution in [3.63, 3.8) is 0 Å². The molecule has 1 heterocycles. The molecule has 6 heteroatoms. The van der Waals surface area contributed by atoms with E-state index in [1.165, 1.54) is 0 Å². The molecule has 0 saturated carbocycles. The minimum Gasteiger partial charge on any atom is -0.463 e. The standard InChI is InChI=1S/C9H16N2O4/c1-2-14-8(12)7-15-9(13)11-5-3-10-4-6-11/h10H,2-7H2,1H3. The first-order valence-electron chi connectivity index (χ1n) is 5.02. The predicted molar refractivity (Wildman–Crippen MR) is 52.4 cm³/mol. The zero-order valence-corrected chi connectivity index (χ0v) is 8.82. The summed E-state index contributed by atoms with van der Waals surface area (Å²) in [6.07, 6.45) is -0.454. The quantitative estimate of drug-likeness (QED) is 0.650. The third-order valence-corrected chi connectivity index (χ3v) is 1.99. The van der Waals surface area contributed by atoms with E-state index >= 15 is 0 Å². The topological polar surface area (TPSA) is 67.9 Å². The molecule has 1 N–H and O–H groups in total. The average molecular weight is 216 g/mol. The summed E-state index contributed by atoms with van der Waals surface area (Å²) in [5, 5.41) is 3.11. The van der Waals surface area contributed by atoms with Crippen molar-refractivity contribution < 1.29 is 19.1 Å². The lowest BCUT2D eigenvalue weighted by Gasteiger charge is -2.26. The molecule has 0 unspecified atom stereocenters. The summed E-state index contributed by atoms with van der Waals surface area (Å²) in [6.45, 7) is 4.43. The van der Waals surface area contributed by atoms with Gasteiger partial charge in [-0.25, -0.2) is 9.59 Å². The molecule has 0 atom stereocenters. The van der Waals surface area contributed by atoms with Crippen LogP contribution in [0.25, 0.3) is 0 Å². The van der Waals surface area contributed by atoms with E-state index in [2.05, 4.69) is 10.1 Å². The first kappa shape index (κ1) is 11.8. The van der Waals surface area contributed by atoms with Crippen molar-refractivity contribution in [1.29, 1.82) is 0 Å². The molecule has 15 heavy (non-hydrogen) atoms. The molecule has 0 aromatic rings. The third kappa shape index (κ3) is 4.16. The van der Waals surface area contributed by atoms with Gasteiger partial charge in [0.25, 0.3) is 0 Å². The Labute approximate surface area is 88.5 Å². The molecular weight excluding hydrogens is 200 g/mol. The van der Waals surface area contributed by atoms with Gasteiger partial charge in [-0.05, 0) is 6.92 Å². The highest BCUT2D eigenvalue weighted by Crippen LogP contribution is 1.96. The summed E-state index contributed by atoms with van der Waals surface area (Å²) < 4.78 is 9.41. The van der Waals surface area contributed by atoms with Crippen molar-refractivity contribution in [1.82, 2.24) is 10.2 Å². The van der Waals surface area contributed by atoms with Gasteiger partial charge in [-0.15, -0.1) is 0 Å². The predicted octanol–water partition coefficient (Wildman–Crippen LogP) is -0.409. The van der Waals surface area contributed by atoms with Crippen LogP contribution in [0, 0.1) is 0 Å².